The number of rotatable bonds is 7. The van der Waals surface area contributed by atoms with E-state index in [0.717, 1.165) is 60.9 Å². The molecule has 3 aromatic rings. The van der Waals surface area contributed by atoms with Gasteiger partial charge >= 0.3 is 0 Å². The topological polar surface area (TPSA) is 78.2 Å². The van der Waals surface area contributed by atoms with Crippen LogP contribution in [0.1, 0.15) is 18.0 Å². The number of H-pyrrole nitrogens is 1. The lowest BCUT2D eigenvalue weighted by Crippen LogP contribution is -2.38. The Hall–Kier alpha value is -2.76. The molecule has 0 saturated heterocycles. The number of aryl methyl sites for hydroxylation is 1. The van der Waals surface area contributed by atoms with Crippen molar-refractivity contribution in [3.63, 3.8) is 0 Å². The Morgan fingerprint density at radius 2 is 2.00 bits per heavy atom. The highest BCUT2D eigenvalue weighted by atomic mass is 16.3. The molecule has 0 fully saturated rings. The highest BCUT2D eigenvalue weighted by Crippen LogP contribution is 2.11. The summed E-state index contributed by atoms with van der Waals surface area (Å²) in [6.07, 6.45) is 4.43. The zero-order valence-corrected chi connectivity index (χ0v) is 13.9. The molecule has 0 spiro atoms. The number of imidazole rings is 1. The molecule has 3 N–H and O–H groups in total. The van der Waals surface area contributed by atoms with Crippen molar-refractivity contribution >= 4 is 17.0 Å². The van der Waals surface area contributed by atoms with Crippen LogP contribution < -0.4 is 10.6 Å². The fourth-order valence-corrected chi connectivity index (χ4v) is 2.57. The number of aromatic amines is 1. The van der Waals surface area contributed by atoms with Gasteiger partial charge in [0.05, 0.1) is 17.3 Å². The lowest BCUT2D eigenvalue weighted by molar-refractivity contribution is 0.506. The number of nitrogens with zero attached hydrogens (tertiary/aromatic N) is 2. The number of fused-ring (bicyclic) bond motifs is 1. The maximum absolute atomic E-state index is 5.31. The lowest BCUT2D eigenvalue weighted by Gasteiger charge is -2.10. The van der Waals surface area contributed by atoms with E-state index in [1.807, 2.05) is 30.3 Å². The number of nitrogens with one attached hydrogen (secondary N) is 3. The molecule has 0 amide bonds. The number of hydrogen-bond donors (Lipinski definition) is 3. The molecular weight excluding hydrogens is 302 g/mol. The van der Waals surface area contributed by atoms with Crippen LogP contribution in [0.5, 0.6) is 0 Å². The quantitative estimate of drug-likeness (QED) is 0.354. The predicted octanol–water partition coefficient (Wildman–Crippen LogP) is 2.50. The molecule has 6 heteroatoms. The van der Waals surface area contributed by atoms with Crippen molar-refractivity contribution in [3.8, 4) is 0 Å². The van der Waals surface area contributed by atoms with Crippen molar-refractivity contribution in [2.75, 3.05) is 20.1 Å². The summed E-state index contributed by atoms with van der Waals surface area (Å²) >= 11 is 0. The van der Waals surface area contributed by atoms with Crippen LogP contribution in [0.25, 0.3) is 11.0 Å². The van der Waals surface area contributed by atoms with Gasteiger partial charge in [-0.1, -0.05) is 12.1 Å². The summed E-state index contributed by atoms with van der Waals surface area (Å²) in [5, 5.41) is 6.60. The second-order valence-corrected chi connectivity index (χ2v) is 5.56. The minimum atomic E-state index is 0.788. The van der Waals surface area contributed by atoms with Crippen molar-refractivity contribution < 1.29 is 4.42 Å². The molecule has 3 rings (SSSR count). The Bertz CT molecular complexity index is 743. The second-order valence-electron chi connectivity index (χ2n) is 5.56. The van der Waals surface area contributed by atoms with Crippen LogP contribution in [0.3, 0.4) is 0 Å². The van der Waals surface area contributed by atoms with Crippen LogP contribution in [0, 0.1) is 0 Å². The van der Waals surface area contributed by atoms with E-state index in [9.17, 15) is 0 Å². The molecule has 0 aliphatic rings. The van der Waals surface area contributed by atoms with Gasteiger partial charge in [-0.2, -0.15) is 0 Å². The van der Waals surface area contributed by atoms with Crippen molar-refractivity contribution in [2.45, 2.75) is 19.3 Å². The Balaban J connectivity index is 1.36. The summed E-state index contributed by atoms with van der Waals surface area (Å²) in [6.45, 7) is 1.63. The molecule has 2 heterocycles. The van der Waals surface area contributed by atoms with E-state index in [-0.39, 0.29) is 0 Å². The summed E-state index contributed by atoms with van der Waals surface area (Å²) in [5.41, 5.74) is 2.12. The normalized spacial score (nSPS) is 11.8. The molecule has 0 radical (unpaired) electrons. The first-order valence-corrected chi connectivity index (χ1v) is 8.25. The predicted molar refractivity (Wildman–Crippen MR) is 96.2 cm³/mol. The number of furan rings is 1. The first kappa shape index (κ1) is 16.1. The van der Waals surface area contributed by atoms with Crippen molar-refractivity contribution in [2.24, 2.45) is 4.99 Å². The maximum Gasteiger partial charge on any atom is 0.190 e. The maximum atomic E-state index is 5.31. The third kappa shape index (κ3) is 4.38. The van der Waals surface area contributed by atoms with E-state index in [2.05, 4.69) is 31.7 Å². The summed E-state index contributed by atoms with van der Waals surface area (Å²) in [6, 6.07) is 12.0. The van der Waals surface area contributed by atoms with Crippen LogP contribution in [-0.2, 0) is 12.8 Å². The molecule has 0 bridgehead atoms. The van der Waals surface area contributed by atoms with Gasteiger partial charge < -0.3 is 20.0 Å². The fraction of sp³-hybridized carbons (Fsp3) is 0.333. The summed E-state index contributed by atoms with van der Waals surface area (Å²) in [5.74, 6) is 2.81. The van der Waals surface area contributed by atoms with Crippen LogP contribution >= 0.6 is 0 Å². The monoisotopic (exact) mass is 325 g/mol. The van der Waals surface area contributed by atoms with E-state index in [4.69, 9.17) is 4.42 Å². The average Bonchev–Trinajstić information content (AvgIpc) is 3.25. The number of para-hydroxylation sites is 2. The van der Waals surface area contributed by atoms with E-state index < -0.39 is 0 Å². The summed E-state index contributed by atoms with van der Waals surface area (Å²) < 4.78 is 5.31. The standard InChI is InChI=1S/C18H23N5O/c1-19-18(21-12-10-14-6-5-13-24-14)20-11-4-9-17-22-15-7-2-3-8-16(15)23-17/h2-3,5-8,13H,4,9-12H2,1H3,(H,22,23)(H2,19,20,21). The molecule has 0 aliphatic heterocycles. The van der Waals surface area contributed by atoms with Crippen LogP contribution in [-0.4, -0.2) is 36.1 Å². The van der Waals surface area contributed by atoms with Gasteiger partial charge in [0, 0.05) is 33.0 Å². The molecule has 0 saturated carbocycles. The molecule has 1 aromatic carbocycles. The van der Waals surface area contributed by atoms with E-state index in [0.29, 0.717) is 0 Å². The molecule has 0 atom stereocenters. The largest absolute Gasteiger partial charge is 0.469 e. The van der Waals surface area contributed by atoms with Crippen molar-refractivity contribution in [3.05, 3.63) is 54.2 Å². The molecular formula is C18H23N5O. The third-order valence-electron chi connectivity index (χ3n) is 3.79. The average molecular weight is 325 g/mol. The molecule has 6 nitrogen and oxygen atoms in total. The molecule has 2 aromatic heterocycles. The van der Waals surface area contributed by atoms with Gasteiger partial charge in [0.1, 0.15) is 11.6 Å². The number of benzene rings is 1. The minimum absolute atomic E-state index is 0.788. The Kier molecular flexibility index (Phi) is 5.50. The van der Waals surface area contributed by atoms with Gasteiger partial charge in [0.15, 0.2) is 5.96 Å². The smallest absolute Gasteiger partial charge is 0.190 e. The van der Waals surface area contributed by atoms with Gasteiger partial charge in [0.2, 0.25) is 0 Å². The minimum Gasteiger partial charge on any atom is -0.469 e. The Labute approximate surface area is 141 Å². The van der Waals surface area contributed by atoms with E-state index >= 15 is 0 Å². The van der Waals surface area contributed by atoms with E-state index in [1.165, 1.54) is 0 Å². The zero-order valence-electron chi connectivity index (χ0n) is 13.9. The first-order valence-electron chi connectivity index (χ1n) is 8.25. The second kappa shape index (κ2) is 8.19. The number of guanidine groups is 1. The van der Waals surface area contributed by atoms with Gasteiger partial charge in [0.25, 0.3) is 0 Å². The lowest BCUT2D eigenvalue weighted by atomic mass is 10.3. The number of hydrogen-bond acceptors (Lipinski definition) is 3. The van der Waals surface area contributed by atoms with Crippen molar-refractivity contribution in [1.29, 1.82) is 0 Å². The van der Waals surface area contributed by atoms with Gasteiger partial charge in [-0.05, 0) is 30.7 Å². The molecule has 0 unspecified atom stereocenters. The summed E-state index contributed by atoms with van der Waals surface area (Å²) in [4.78, 5) is 12.2. The van der Waals surface area contributed by atoms with Crippen LogP contribution in [0.4, 0.5) is 0 Å². The molecule has 0 aliphatic carbocycles. The molecule has 126 valence electrons. The summed E-state index contributed by atoms with van der Waals surface area (Å²) in [7, 11) is 1.78. The highest BCUT2D eigenvalue weighted by Gasteiger charge is 2.03. The van der Waals surface area contributed by atoms with Gasteiger partial charge in [-0.3, -0.25) is 4.99 Å². The van der Waals surface area contributed by atoms with Crippen LogP contribution in [0.15, 0.2) is 52.1 Å². The third-order valence-corrected chi connectivity index (χ3v) is 3.79. The zero-order chi connectivity index (χ0) is 16.6. The number of aliphatic imine (C=N–C) groups is 1. The van der Waals surface area contributed by atoms with Crippen LogP contribution in [0.2, 0.25) is 0 Å². The van der Waals surface area contributed by atoms with Crippen molar-refractivity contribution in [1.82, 2.24) is 20.6 Å². The van der Waals surface area contributed by atoms with Gasteiger partial charge in [-0.15, -0.1) is 0 Å². The Morgan fingerprint density at radius 3 is 2.79 bits per heavy atom. The fourth-order valence-electron chi connectivity index (χ4n) is 2.57. The Morgan fingerprint density at radius 1 is 1.12 bits per heavy atom. The first-order chi connectivity index (χ1) is 11.8. The van der Waals surface area contributed by atoms with Gasteiger partial charge in [-0.25, -0.2) is 4.98 Å². The SMILES string of the molecule is CN=C(NCCCc1nc2ccccc2[nH]1)NCCc1ccco1. The molecule has 24 heavy (non-hydrogen) atoms. The number of aromatic nitrogens is 2. The highest BCUT2D eigenvalue weighted by molar-refractivity contribution is 5.79. The van der Waals surface area contributed by atoms with E-state index in [1.54, 1.807) is 13.3 Å².